The standard InChI is InChI=1S/C17H17N5O2S/c1-11-9-22(25(23,24)7-4-18)10-14(11)12-2-5-19-15-8-21-17-13(16(12)15)3-6-20-17/h2-3,5-6,8,11,14,19H,7,9-10H2,1H3. The summed E-state index contributed by atoms with van der Waals surface area (Å²) in [5.41, 5.74) is 2.69. The molecular weight excluding hydrogens is 338 g/mol. The number of hydrogen-bond donors (Lipinski definition) is 1. The van der Waals surface area contributed by atoms with Crippen LogP contribution in [0.3, 0.4) is 0 Å². The zero-order chi connectivity index (χ0) is 17.6. The lowest BCUT2D eigenvalue weighted by Gasteiger charge is -2.18. The molecule has 4 heterocycles. The Labute approximate surface area is 145 Å². The van der Waals surface area contributed by atoms with Gasteiger partial charge in [-0.15, -0.1) is 0 Å². The molecule has 0 saturated carbocycles. The van der Waals surface area contributed by atoms with E-state index in [0.29, 0.717) is 18.7 Å². The minimum absolute atomic E-state index is 0.0612. The normalized spacial score (nSPS) is 21.8. The molecule has 25 heavy (non-hydrogen) atoms. The van der Waals surface area contributed by atoms with E-state index in [-0.39, 0.29) is 11.8 Å². The van der Waals surface area contributed by atoms with E-state index in [1.54, 1.807) is 18.5 Å². The topological polar surface area (TPSA) is 103 Å². The molecule has 3 aromatic rings. The first-order valence-electron chi connectivity index (χ1n) is 8.07. The number of pyridine rings is 2. The van der Waals surface area contributed by atoms with Crippen molar-refractivity contribution in [2.45, 2.75) is 12.8 Å². The van der Waals surface area contributed by atoms with Crippen LogP contribution in [0.4, 0.5) is 0 Å². The fourth-order valence-electron chi connectivity index (χ4n) is 3.72. The molecule has 2 atom stereocenters. The van der Waals surface area contributed by atoms with Gasteiger partial charge in [-0.2, -0.15) is 5.26 Å². The zero-order valence-corrected chi connectivity index (χ0v) is 14.5. The Morgan fingerprint density at radius 3 is 3.00 bits per heavy atom. The van der Waals surface area contributed by atoms with Crippen LogP contribution in [0.15, 0.2) is 30.7 Å². The van der Waals surface area contributed by atoms with Crippen LogP contribution in [-0.2, 0) is 10.0 Å². The quantitative estimate of drug-likeness (QED) is 0.774. The molecule has 4 rings (SSSR count). The average molecular weight is 355 g/mol. The molecule has 1 saturated heterocycles. The van der Waals surface area contributed by atoms with Crippen molar-refractivity contribution >= 4 is 32.0 Å². The molecule has 2 unspecified atom stereocenters. The van der Waals surface area contributed by atoms with Gasteiger partial charge < -0.3 is 4.98 Å². The van der Waals surface area contributed by atoms with Gasteiger partial charge in [0.2, 0.25) is 10.0 Å². The first-order valence-corrected chi connectivity index (χ1v) is 9.67. The van der Waals surface area contributed by atoms with Gasteiger partial charge in [0.1, 0.15) is 0 Å². The predicted octanol–water partition coefficient (Wildman–Crippen LogP) is 2.00. The number of nitriles is 1. The number of sulfonamides is 1. The van der Waals surface area contributed by atoms with E-state index in [2.05, 4.69) is 21.9 Å². The van der Waals surface area contributed by atoms with Crippen molar-refractivity contribution in [2.75, 3.05) is 18.8 Å². The van der Waals surface area contributed by atoms with E-state index < -0.39 is 15.8 Å². The van der Waals surface area contributed by atoms with Crippen LogP contribution in [0.1, 0.15) is 18.4 Å². The maximum atomic E-state index is 12.3. The van der Waals surface area contributed by atoms with Gasteiger partial charge in [0, 0.05) is 42.2 Å². The van der Waals surface area contributed by atoms with Crippen LogP contribution in [0.25, 0.3) is 21.9 Å². The zero-order valence-electron chi connectivity index (χ0n) is 13.7. The number of aromatic amines is 1. The van der Waals surface area contributed by atoms with E-state index in [9.17, 15) is 8.42 Å². The van der Waals surface area contributed by atoms with Gasteiger partial charge in [-0.1, -0.05) is 6.92 Å². The first kappa shape index (κ1) is 16.0. The fourth-order valence-corrected chi connectivity index (χ4v) is 4.92. The average Bonchev–Trinajstić information content (AvgIpc) is 3.20. The van der Waals surface area contributed by atoms with Crippen molar-refractivity contribution in [2.24, 2.45) is 5.92 Å². The second-order valence-corrected chi connectivity index (χ2v) is 8.45. The lowest BCUT2D eigenvalue weighted by Crippen LogP contribution is -2.30. The summed E-state index contributed by atoms with van der Waals surface area (Å²) in [5, 5.41) is 10.8. The monoisotopic (exact) mass is 355 g/mol. The minimum atomic E-state index is -3.53. The summed E-state index contributed by atoms with van der Waals surface area (Å²) < 4.78 is 26.0. The molecule has 1 fully saturated rings. The second-order valence-electron chi connectivity index (χ2n) is 6.48. The van der Waals surface area contributed by atoms with Gasteiger partial charge in [0.05, 0.1) is 17.8 Å². The Kier molecular flexibility index (Phi) is 3.71. The first-order chi connectivity index (χ1) is 12.0. The van der Waals surface area contributed by atoms with E-state index >= 15 is 0 Å². The number of nitrogens with one attached hydrogen (secondary N) is 1. The molecule has 1 aliphatic heterocycles. The summed E-state index contributed by atoms with van der Waals surface area (Å²) in [6.45, 7) is 2.88. The largest absolute Gasteiger partial charge is 0.360 e. The third-order valence-electron chi connectivity index (χ3n) is 4.94. The molecule has 7 nitrogen and oxygen atoms in total. The third kappa shape index (κ3) is 2.56. The molecule has 0 radical (unpaired) electrons. The molecule has 1 N–H and O–H groups in total. The maximum Gasteiger partial charge on any atom is 0.227 e. The molecule has 0 amide bonds. The third-order valence-corrected chi connectivity index (χ3v) is 6.52. The summed E-state index contributed by atoms with van der Waals surface area (Å²) in [4.78, 5) is 11.8. The van der Waals surface area contributed by atoms with Crippen LogP contribution >= 0.6 is 0 Å². The Hall–Kier alpha value is -2.50. The van der Waals surface area contributed by atoms with E-state index in [1.165, 1.54) is 4.31 Å². The summed E-state index contributed by atoms with van der Waals surface area (Å²) in [7, 11) is -3.53. The predicted molar refractivity (Wildman–Crippen MR) is 94.3 cm³/mol. The van der Waals surface area contributed by atoms with Gasteiger partial charge in [0.15, 0.2) is 11.4 Å². The number of H-pyrrole nitrogens is 1. The summed E-state index contributed by atoms with van der Waals surface area (Å²) >= 11 is 0. The summed E-state index contributed by atoms with van der Waals surface area (Å²) in [6, 6.07) is 5.70. The highest BCUT2D eigenvalue weighted by atomic mass is 32.2. The molecular formula is C17H17N5O2S. The maximum absolute atomic E-state index is 12.3. The van der Waals surface area contributed by atoms with Gasteiger partial charge >= 0.3 is 0 Å². The molecule has 8 heteroatoms. The molecule has 0 spiro atoms. The van der Waals surface area contributed by atoms with Gasteiger partial charge in [-0.05, 0) is 23.6 Å². The molecule has 1 aliphatic rings. The van der Waals surface area contributed by atoms with Crippen molar-refractivity contribution in [3.63, 3.8) is 0 Å². The molecule has 3 aromatic heterocycles. The second kappa shape index (κ2) is 5.79. The van der Waals surface area contributed by atoms with Crippen molar-refractivity contribution in [3.8, 4) is 6.07 Å². The highest BCUT2D eigenvalue weighted by Crippen LogP contribution is 2.38. The van der Waals surface area contributed by atoms with E-state index in [0.717, 1.165) is 21.9 Å². The van der Waals surface area contributed by atoms with Gasteiger partial charge in [-0.25, -0.2) is 22.7 Å². The van der Waals surface area contributed by atoms with Crippen molar-refractivity contribution in [1.29, 1.82) is 5.26 Å². The van der Waals surface area contributed by atoms with Crippen LogP contribution in [0, 0.1) is 17.2 Å². The number of aromatic nitrogens is 3. The van der Waals surface area contributed by atoms with Gasteiger partial charge in [0.25, 0.3) is 0 Å². The highest BCUT2D eigenvalue weighted by Gasteiger charge is 2.37. The summed E-state index contributed by atoms with van der Waals surface area (Å²) in [5.74, 6) is -0.257. The van der Waals surface area contributed by atoms with Gasteiger partial charge in [-0.3, -0.25) is 0 Å². The van der Waals surface area contributed by atoms with Crippen molar-refractivity contribution in [3.05, 3.63) is 36.3 Å². The van der Waals surface area contributed by atoms with Crippen LogP contribution in [-0.4, -0.2) is 46.5 Å². The van der Waals surface area contributed by atoms with E-state index in [1.807, 2.05) is 18.3 Å². The lowest BCUT2D eigenvalue weighted by atomic mass is 9.88. The minimum Gasteiger partial charge on any atom is -0.360 e. The number of hydrogen-bond acceptors (Lipinski definition) is 5. The SMILES string of the molecule is CC1CN(S(=O)(=O)CC#N)CC1c1cc[nH]c2cnc3nccc3c12. The summed E-state index contributed by atoms with van der Waals surface area (Å²) in [6.07, 6.45) is 5.36. The number of nitrogens with zero attached hydrogens (tertiary/aromatic N) is 4. The smallest absolute Gasteiger partial charge is 0.227 e. The molecule has 128 valence electrons. The molecule has 0 aliphatic carbocycles. The fraction of sp³-hybridized carbons (Fsp3) is 0.353. The van der Waals surface area contributed by atoms with Crippen LogP contribution in [0.2, 0.25) is 0 Å². The highest BCUT2D eigenvalue weighted by molar-refractivity contribution is 7.89. The number of rotatable bonds is 3. The lowest BCUT2D eigenvalue weighted by molar-refractivity contribution is 0.467. The Bertz CT molecular complexity index is 1100. The molecule has 0 aromatic carbocycles. The Balaban J connectivity index is 1.83. The van der Waals surface area contributed by atoms with Crippen molar-refractivity contribution < 1.29 is 8.42 Å². The number of fused-ring (bicyclic) bond motifs is 3. The van der Waals surface area contributed by atoms with Crippen LogP contribution in [0.5, 0.6) is 0 Å². The van der Waals surface area contributed by atoms with E-state index in [4.69, 9.17) is 5.26 Å². The molecule has 0 bridgehead atoms. The Morgan fingerprint density at radius 1 is 1.36 bits per heavy atom. The van der Waals surface area contributed by atoms with Crippen molar-refractivity contribution in [1.82, 2.24) is 19.3 Å². The van der Waals surface area contributed by atoms with Crippen LogP contribution < -0.4 is 0 Å². The Morgan fingerprint density at radius 2 is 2.20 bits per heavy atom.